The molecule has 0 aliphatic carbocycles. The van der Waals surface area contributed by atoms with Crippen LogP contribution in [0.2, 0.25) is 0 Å². The van der Waals surface area contributed by atoms with Gasteiger partial charge >= 0.3 is 0 Å². The molecule has 0 atom stereocenters. The van der Waals surface area contributed by atoms with E-state index in [1.54, 1.807) is 12.1 Å². The third-order valence-electron chi connectivity index (χ3n) is 11.6. The Balaban J connectivity index is 1.34. The molecule has 8 nitrogen and oxygen atoms in total. The summed E-state index contributed by atoms with van der Waals surface area (Å²) in [6, 6.07) is 69.1. The van der Waals surface area contributed by atoms with E-state index in [0.717, 1.165) is 50.0 Å². The molecule has 65 heavy (non-hydrogen) atoms. The van der Waals surface area contributed by atoms with Gasteiger partial charge in [-0.3, -0.25) is 0 Å². The van der Waals surface area contributed by atoms with E-state index >= 15 is 0 Å². The standard InChI is InChI=1S/C57H30N8/c58-31-36-25-43(34-61)55(44(26-36)35-62)39-23-24-54-48(27-39)47-21-11-12-22-53(47)65(54)56-49(45-19-9-7-17-40(45)32-59)28-42(29-50(56)46-20-10-8-18-41(46)33-60)57-63-51(37-13-3-1-4-14-37)30-52(64-57)38-15-5-2-6-16-38/h1-30H. The maximum atomic E-state index is 10.7. The molecule has 0 aliphatic rings. The predicted molar refractivity (Wildman–Crippen MR) is 253 cm³/mol. The molecule has 0 unspecified atom stereocenters. The van der Waals surface area contributed by atoms with E-state index in [1.165, 1.54) is 12.1 Å². The van der Waals surface area contributed by atoms with Gasteiger partial charge in [0.15, 0.2) is 5.82 Å². The zero-order valence-corrected chi connectivity index (χ0v) is 34.4. The van der Waals surface area contributed by atoms with Crippen molar-refractivity contribution in [3.8, 4) is 103 Å². The van der Waals surface area contributed by atoms with E-state index in [0.29, 0.717) is 55.9 Å². The number of aromatic nitrogens is 3. The number of fused-ring (bicyclic) bond motifs is 3. The fourth-order valence-corrected chi connectivity index (χ4v) is 8.70. The highest BCUT2D eigenvalue weighted by atomic mass is 15.0. The molecule has 10 aromatic rings. The maximum Gasteiger partial charge on any atom is 0.160 e. The van der Waals surface area contributed by atoms with Gasteiger partial charge in [-0.25, -0.2) is 9.97 Å². The Kier molecular flexibility index (Phi) is 9.97. The van der Waals surface area contributed by atoms with E-state index in [4.69, 9.17) is 9.97 Å². The van der Waals surface area contributed by atoms with Gasteiger partial charge in [-0.05, 0) is 66.2 Å². The van der Waals surface area contributed by atoms with Crippen LogP contribution in [0.5, 0.6) is 0 Å². The fourth-order valence-electron chi connectivity index (χ4n) is 8.70. The summed E-state index contributed by atoms with van der Waals surface area (Å²) in [5, 5.41) is 53.3. The summed E-state index contributed by atoms with van der Waals surface area (Å²) in [5.74, 6) is 0.457. The Hall–Kier alpha value is -9.91. The number of benzene rings is 8. The van der Waals surface area contributed by atoms with Gasteiger partial charge in [0, 0.05) is 55.3 Å². The summed E-state index contributed by atoms with van der Waals surface area (Å²) >= 11 is 0. The van der Waals surface area contributed by atoms with Crippen LogP contribution in [-0.2, 0) is 0 Å². The number of hydrogen-bond acceptors (Lipinski definition) is 7. The van der Waals surface area contributed by atoms with Gasteiger partial charge in [0.05, 0.1) is 86.3 Å². The summed E-state index contributed by atoms with van der Waals surface area (Å²) in [5.41, 5.74) is 11.7. The number of hydrogen-bond donors (Lipinski definition) is 0. The van der Waals surface area contributed by atoms with Crippen molar-refractivity contribution in [1.29, 1.82) is 26.3 Å². The second-order valence-electron chi connectivity index (χ2n) is 15.3. The molecule has 298 valence electrons. The van der Waals surface area contributed by atoms with Crippen molar-refractivity contribution < 1.29 is 0 Å². The fraction of sp³-hybridized carbons (Fsp3) is 0. The Morgan fingerprint density at radius 3 is 1.38 bits per heavy atom. The van der Waals surface area contributed by atoms with Gasteiger partial charge in [0.25, 0.3) is 0 Å². The van der Waals surface area contributed by atoms with Gasteiger partial charge < -0.3 is 4.57 Å². The van der Waals surface area contributed by atoms with Gasteiger partial charge in [-0.1, -0.05) is 121 Å². The van der Waals surface area contributed by atoms with E-state index in [1.807, 2.05) is 158 Å². The molecule has 0 bridgehead atoms. The summed E-state index contributed by atoms with van der Waals surface area (Å²) in [6.07, 6.45) is 0. The molecule has 10 rings (SSSR count). The summed E-state index contributed by atoms with van der Waals surface area (Å²) in [6.45, 7) is 0. The van der Waals surface area contributed by atoms with Crippen molar-refractivity contribution in [2.24, 2.45) is 0 Å². The molecule has 0 radical (unpaired) electrons. The topological polar surface area (TPSA) is 150 Å². The molecule has 2 heterocycles. The predicted octanol–water partition coefficient (Wildman–Crippen LogP) is 12.9. The van der Waals surface area contributed by atoms with Crippen molar-refractivity contribution in [3.05, 3.63) is 210 Å². The average molecular weight is 827 g/mol. The van der Waals surface area contributed by atoms with E-state index < -0.39 is 0 Å². The van der Waals surface area contributed by atoms with E-state index in [9.17, 15) is 26.3 Å². The Morgan fingerprint density at radius 1 is 0.354 bits per heavy atom. The Bertz CT molecular complexity index is 3600. The summed E-state index contributed by atoms with van der Waals surface area (Å²) < 4.78 is 2.16. The van der Waals surface area contributed by atoms with Gasteiger partial charge in [-0.2, -0.15) is 26.3 Å². The van der Waals surface area contributed by atoms with Gasteiger partial charge in [0.2, 0.25) is 0 Å². The first-order valence-electron chi connectivity index (χ1n) is 20.6. The van der Waals surface area contributed by atoms with Crippen LogP contribution >= 0.6 is 0 Å². The van der Waals surface area contributed by atoms with Gasteiger partial charge in [0.1, 0.15) is 0 Å². The van der Waals surface area contributed by atoms with Crippen LogP contribution < -0.4 is 0 Å². The number of nitrogens with zero attached hydrogens (tertiary/aromatic N) is 8. The minimum Gasteiger partial charge on any atom is -0.308 e. The monoisotopic (exact) mass is 826 g/mol. The molecule has 0 amide bonds. The van der Waals surface area contributed by atoms with E-state index in [-0.39, 0.29) is 16.7 Å². The number of para-hydroxylation sites is 1. The average Bonchev–Trinajstić information content (AvgIpc) is 3.71. The van der Waals surface area contributed by atoms with Crippen LogP contribution in [0.1, 0.15) is 27.8 Å². The summed E-state index contributed by atoms with van der Waals surface area (Å²) in [4.78, 5) is 10.4. The highest BCUT2D eigenvalue weighted by molar-refractivity contribution is 6.12. The lowest BCUT2D eigenvalue weighted by Gasteiger charge is -2.22. The molecular weight excluding hydrogens is 797 g/mol. The Labute approximate surface area is 374 Å². The SMILES string of the molecule is N#Cc1cc(C#N)c(-c2ccc3c(c2)c2ccccc2n3-c2c(-c3ccccc3C#N)cc(-c3nc(-c4ccccc4)cc(-c4ccccc4)n3)cc2-c2ccccc2C#N)c(C#N)c1. The summed E-state index contributed by atoms with van der Waals surface area (Å²) in [7, 11) is 0. The first-order valence-corrected chi connectivity index (χ1v) is 20.6. The highest BCUT2D eigenvalue weighted by Crippen LogP contribution is 2.46. The second kappa shape index (κ2) is 16.5. The first-order chi connectivity index (χ1) is 32.0. The van der Waals surface area contributed by atoms with Crippen molar-refractivity contribution in [1.82, 2.24) is 14.5 Å². The lowest BCUT2D eigenvalue weighted by Crippen LogP contribution is -2.04. The van der Waals surface area contributed by atoms with Crippen LogP contribution in [0.4, 0.5) is 0 Å². The molecule has 0 saturated carbocycles. The minimum absolute atomic E-state index is 0.221. The van der Waals surface area contributed by atoms with Gasteiger partial charge in [-0.15, -0.1) is 0 Å². The molecule has 0 spiro atoms. The highest BCUT2D eigenvalue weighted by Gasteiger charge is 2.26. The zero-order valence-electron chi connectivity index (χ0n) is 34.4. The molecule has 0 N–H and O–H groups in total. The van der Waals surface area contributed by atoms with Crippen LogP contribution in [0.15, 0.2) is 182 Å². The van der Waals surface area contributed by atoms with Crippen LogP contribution in [0.3, 0.4) is 0 Å². The van der Waals surface area contributed by atoms with Crippen molar-refractivity contribution in [2.75, 3.05) is 0 Å². The Morgan fingerprint density at radius 2 is 0.846 bits per heavy atom. The lowest BCUT2D eigenvalue weighted by atomic mass is 9.89. The smallest absolute Gasteiger partial charge is 0.160 e. The maximum absolute atomic E-state index is 10.7. The van der Waals surface area contributed by atoms with Crippen LogP contribution in [-0.4, -0.2) is 14.5 Å². The molecule has 0 saturated heterocycles. The molecule has 8 heteroatoms. The lowest BCUT2D eigenvalue weighted by molar-refractivity contribution is 1.16. The molecular formula is C57H30N8. The second-order valence-corrected chi connectivity index (χ2v) is 15.3. The quantitative estimate of drug-likeness (QED) is 0.155. The molecule has 2 aromatic heterocycles. The number of nitriles is 5. The molecule has 0 fully saturated rings. The van der Waals surface area contributed by atoms with Crippen molar-refractivity contribution in [2.45, 2.75) is 0 Å². The third-order valence-corrected chi connectivity index (χ3v) is 11.6. The van der Waals surface area contributed by atoms with Crippen molar-refractivity contribution >= 4 is 21.8 Å². The molecule has 0 aliphatic heterocycles. The van der Waals surface area contributed by atoms with Crippen LogP contribution in [0.25, 0.3) is 94.8 Å². The van der Waals surface area contributed by atoms with Crippen molar-refractivity contribution in [3.63, 3.8) is 0 Å². The minimum atomic E-state index is 0.221. The molecule has 8 aromatic carbocycles. The normalized spacial score (nSPS) is 10.7. The zero-order chi connectivity index (χ0) is 44.4. The number of rotatable bonds is 7. The van der Waals surface area contributed by atoms with E-state index in [2.05, 4.69) is 34.9 Å². The third kappa shape index (κ3) is 6.88. The van der Waals surface area contributed by atoms with Crippen LogP contribution in [0, 0.1) is 56.7 Å². The largest absolute Gasteiger partial charge is 0.308 e. The first kappa shape index (κ1) is 39.2.